The van der Waals surface area contributed by atoms with Crippen LogP contribution in [0.4, 0.5) is 13.2 Å². The Hall–Kier alpha value is -4.03. The van der Waals surface area contributed by atoms with E-state index in [4.69, 9.17) is 14.2 Å². The Balaban J connectivity index is 1.69. The molecule has 0 bridgehead atoms. The number of halogens is 3. The number of amides is 1. The van der Waals surface area contributed by atoms with E-state index < -0.39 is 59.2 Å². The number of pyridine rings is 2. The van der Waals surface area contributed by atoms with Crippen LogP contribution in [0.15, 0.2) is 61.1 Å². The van der Waals surface area contributed by atoms with Crippen molar-refractivity contribution in [2.75, 3.05) is 13.7 Å². The summed E-state index contributed by atoms with van der Waals surface area (Å²) in [5.74, 6) is -2.50. The van der Waals surface area contributed by atoms with Crippen LogP contribution in [0, 0.1) is 11.3 Å². The van der Waals surface area contributed by atoms with Crippen LogP contribution in [-0.2, 0) is 31.8 Å². The molecule has 2 aliphatic heterocycles. The van der Waals surface area contributed by atoms with E-state index in [0.29, 0.717) is 24.8 Å². The fourth-order valence-electron chi connectivity index (χ4n) is 6.69. The van der Waals surface area contributed by atoms with Gasteiger partial charge in [-0.25, -0.2) is 9.78 Å². The molecule has 4 heterocycles. The van der Waals surface area contributed by atoms with Crippen molar-refractivity contribution in [3.63, 3.8) is 0 Å². The van der Waals surface area contributed by atoms with E-state index in [1.165, 1.54) is 12.0 Å². The third-order valence-electron chi connectivity index (χ3n) is 8.72. The molecule has 12 heteroatoms. The van der Waals surface area contributed by atoms with Gasteiger partial charge in [-0.2, -0.15) is 13.2 Å². The number of aromatic nitrogens is 2. The predicted octanol–water partition coefficient (Wildman–Crippen LogP) is 6.32. The molecule has 0 radical (unpaired) electrons. The molecule has 2 fully saturated rings. The summed E-state index contributed by atoms with van der Waals surface area (Å²) >= 11 is 0. The molecule has 1 N–H and O–H groups in total. The third-order valence-corrected chi connectivity index (χ3v) is 8.72. The zero-order valence-corrected chi connectivity index (χ0v) is 26.2. The Morgan fingerprint density at radius 1 is 1.09 bits per heavy atom. The molecule has 2 aliphatic rings. The maximum atomic E-state index is 14.4. The average Bonchev–Trinajstić information content (AvgIpc) is 3.39. The maximum Gasteiger partial charge on any atom is 0.417 e. The van der Waals surface area contributed by atoms with Crippen LogP contribution in [-0.4, -0.2) is 63.8 Å². The Bertz CT molecular complexity index is 1540. The average molecular weight is 642 g/mol. The molecule has 3 aromatic rings. The molecular formula is C34H38F3N3O6. The minimum atomic E-state index is -4.65. The number of likely N-dealkylation sites (tertiary alicyclic amines) is 1. The lowest BCUT2D eigenvalue weighted by Crippen LogP contribution is -2.51. The Morgan fingerprint density at radius 2 is 1.80 bits per heavy atom. The van der Waals surface area contributed by atoms with Gasteiger partial charge in [0, 0.05) is 36.7 Å². The molecule has 5 atom stereocenters. The van der Waals surface area contributed by atoms with E-state index in [2.05, 4.69) is 9.97 Å². The third kappa shape index (κ3) is 6.73. The summed E-state index contributed by atoms with van der Waals surface area (Å²) in [5.41, 5.74) is 0.507. The van der Waals surface area contributed by atoms with Crippen molar-refractivity contribution >= 4 is 11.9 Å². The van der Waals surface area contributed by atoms with Crippen LogP contribution >= 0.6 is 0 Å². The molecule has 4 unspecified atom stereocenters. The normalized spacial score (nSPS) is 23.7. The van der Waals surface area contributed by atoms with Crippen LogP contribution in [0.1, 0.15) is 62.8 Å². The molecule has 0 saturated carbocycles. The van der Waals surface area contributed by atoms with Crippen molar-refractivity contribution in [2.24, 2.45) is 11.3 Å². The molecule has 0 aliphatic carbocycles. The second-order valence-electron chi connectivity index (χ2n) is 12.7. The van der Waals surface area contributed by atoms with Gasteiger partial charge in [-0.15, -0.1) is 0 Å². The fraction of sp³-hybridized carbons (Fsp3) is 0.471. The number of carboxylic acids is 1. The van der Waals surface area contributed by atoms with Gasteiger partial charge in [-0.3, -0.25) is 9.78 Å². The van der Waals surface area contributed by atoms with E-state index in [0.717, 1.165) is 30.0 Å². The summed E-state index contributed by atoms with van der Waals surface area (Å²) < 4.78 is 58.7. The van der Waals surface area contributed by atoms with Crippen molar-refractivity contribution in [1.29, 1.82) is 0 Å². The standard InChI is InChI=1S/C34H38F3N3O6/c1-33(2,3)26-28(32(42)43)40(31(41)25-11-7-8-16-45-25)27(24-10-6-5-9-23(24)20-12-14-38-15-13-20)29(26)46-19-21-17-22(34(35,36)37)18-39-30(21)44-4/h5-6,9-10,12-15,17-18,25-29H,7-8,11,16,19H2,1-4H3,(H,42,43)/t25-,26?,27?,28?,29?/m0/s1. The highest BCUT2D eigenvalue weighted by Gasteiger charge is 2.60. The highest BCUT2D eigenvalue weighted by molar-refractivity contribution is 5.88. The number of aliphatic carboxylic acids is 1. The first-order chi connectivity index (χ1) is 21.8. The van der Waals surface area contributed by atoms with Crippen LogP contribution in [0.25, 0.3) is 11.1 Å². The number of nitrogens with zero attached hydrogens (tertiary/aromatic N) is 3. The first-order valence-electron chi connectivity index (χ1n) is 15.2. The lowest BCUT2D eigenvalue weighted by atomic mass is 9.73. The summed E-state index contributed by atoms with van der Waals surface area (Å²) in [6.45, 7) is 5.61. The molecule has 0 spiro atoms. The topological polar surface area (TPSA) is 111 Å². The number of hydrogen-bond donors (Lipinski definition) is 1. The van der Waals surface area contributed by atoms with E-state index in [9.17, 15) is 27.9 Å². The van der Waals surface area contributed by atoms with Crippen molar-refractivity contribution in [1.82, 2.24) is 14.9 Å². The lowest BCUT2D eigenvalue weighted by molar-refractivity contribution is -0.159. The zero-order valence-electron chi connectivity index (χ0n) is 26.2. The number of methoxy groups -OCH3 is 1. The van der Waals surface area contributed by atoms with Crippen molar-refractivity contribution in [3.05, 3.63) is 77.7 Å². The van der Waals surface area contributed by atoms with Gasteiger partial charge in [0.2, 0.25) is 5.88 Å². The number of ether oxygens (including phenoxy) is 3. The number of rotatable bonds is 8. The van der Waals surface area contributed by atoms with Gasteiger partial charge in [-0.1, -0.05) is 45.0 Å². The van der Waals surface area contributed by atoms with Gasteiger partial charge >= 0.3 is 12.1 Å². The maximum absolute atomic E-state index is 14.4. The Labute approximate surface area is 265 Å². The summed E-state index contributed by atoms with van der Waals surface area (Å²) in [4.78, 5) is 37.0. The number of carbonyl (C=O) groups is 2. The van der Waals surface area contributed by atoms with Crippen LogP contribution in [0.5, 0.6) is 5.88 Å². The molecule has 246 valence electrons. The summed E-state index contributed by atoms with van der Waals surface area (Å²) in [6.07, 6.45) is -0.493. The SMILES string of the molecule is COc1ncc(C(F)(F)F)cc1COC1C(c2ccccc2-c2ccncc2)N(C(=O)[C@@H]2CCCCO2)C(C(=O)O)C1C(C)(C)C. The minimum absolute atomic E-state index is 0.0402. The molecule has 1 aromatic carbocycles. The van der Waals surface area contributed by atoms with Crippen molar-refractivity contribution in [3.8, 4) is 17.0 Å². The van der Waals surface area contributed by atoms with Gasteiger partial charge in [0.1, 0.15) is 12.1 Å². The van der Waals surface area contributed by atoms with Crippen LogP contribution in [0.2, 0.25) is 0 Å². The minimum Gasteiger partial charge on any atom is -0.481 e. The number of carbonyl (C=O) groups excluding carboxylic acids is 1. The molecule has 1 amide bonds. The number of alkyl halides is 3. The summed E-state index contributed by atoms with van der Waals surface area (Å²) in [5, 5.41) is 10.8. The monoisotopic (exact) mass is 641 g/mol. The van der Waals surface area contributed by atoms with Gasteiger partial charge in [0.25, 0.3) is 5.91 Å². The van der Waals surface area contributed by atoms with Crippen molar-refractivity contribution < 1.29 is 42.1 Å². The van der Waals surface area contributed by atoms with Crippen molar-refractivity contribution in [2.45, 2.75) is 77.1 Å². The zero-order chi connectivity index (χ0) is 33.2. The quantitative estimate of drug-likeness (QED) is 0.304. The molecule has 2 saturated heterocycles. The van der Waals surface area contributed by atoms with Gasteiger partial charge in [-0.05, 0) is 59.6 Å². The smallest absolute Gasteiger partial charge is 0.417 e. The highest BCUT2D eigenvalue weighted by atomic mass is 19.4. The van der Waals surface area contributed by atoms with Gasteiger partial charge in [0.15, 0.2) is 0 Å². The highest BCUT2D eigenvalue weighted by Crippen LogP contribution is 2.52. The number of hydrogen-bond acceptors (Lipinski definition) is 7. The fourth-order valence-corrected chi connectivity index (χ4v) is 6.69. The molecule has 5 rings (SSSR count). The van der Waals surface area contributed by atoms with Gasteiger partial charge in [0.05, 0.1) is 31.4 Å². The number of carboxylic acid groups (broad SMARTS) is 1. The van der Waals surface area contributed by atoms with E-state index in [-0.39, 0.29) is 18.1 Å². The largest absolute Gasteiger partial charge is 0.481 e. The second kappa shape index (κ2) is 13.4. The lowest BCUT2D eigenvalue weighted by Gasteiger charge is -2.35. The molecule has 2 aromatic heterocycles. The van der Waals surface area contributed by atoms with Crippen LogP contribution in [0.3, 0.4) is 0 Å². The first kappa shape index (κ1) is 33.3. The van der Waals surface area contributed by atoms with Crippen LogP contribution < -0.4 is 4.74 Å². The first-order valence-corrected chi connectivity index (χ1v) is 15.2. The summed E-state index contributed by atoms with van der Waals surface area (Å²) in [7, 11) is 1.30. The Morgan fingerprint density at radius 3 is 2.41 bits per heavy atom. The number of benzene rings is 1. The van der Waals surface area contributed by atoms with E-state index in [1.807, 2.05) is 51.1 Å². The van der Waals surface area contributed by atoms with Gasteiger partial charge < -0.3 is 24.2 Å². The second-order valence-corrected chi connectivity index (χ2v) is 12.7. The molecular weight excluding hydrogens is 603 g/mol. The predicted molar refractivity (Wildman–Crippen MR) is 162 cm³/mol. The summed E-state index contributed by atoms with van der Waals surface area (Å²) in [6, 6.07) is 9.64. The molecule has 46 heavy (non-hydrogen) atoms. The molecule has 9 nitrogen and oxygen atoms in total. The Kier molecular flexibility index (Phi) is 9.69. The van der Waals surface area contributed by atoms with E-state index >= 15 is 0 Å². The van der Waals surface area contributed by atoms with E-state index in [1.54, 1.807) is 18.5 Å².